The molecule has 0 aromatic carbocycles. The number of hydrogen-bond donors (Lipinski definition) is 1. The summed E-state index contributed by atoms with van der Waals surface area (Å²) in [5.41, 5.74) is 0. The van der Waals surface area contributed by atoms with Crippen molar-refractivity contribution in [2.24, 2.45) is 0 Å². The highest BCUT2D eigenvalue weighted by molar-refractivity contribution is 5.88. The van der Waals surface area contributed by atoms with Crippen LogP contribution in [0.5, 0.6) is 0 Å². The lowest BCUT2D eigenvalue weighted by Gasteiger charge is -2.38. The molecule has 1 aliphatic rings. The van der Waals surface area contributed by atoms with Gasteiger partial charge in [0.25, 0.3) is 0 Å². The van der Waals surface area contributed by atoms with Gasteiger partial charge in [-0.25, -0.2) is 0 Å². The van der Waals surface area contributed by atoms with Gasteiger partial charge in [0, 0.05) is 45.1 Å². The fourth-order valence-corrected chi connectivity index (χ4v) is 2.88. The van der Waals surface area contributed by atoms with Gasteiger partial charge in [-0.1, -0.05) is 19.0 Å². The minimum atomic E-state index is -0.401. The van der Waals surface area contributed by atoms with Crippen LogP contribution in [-0.4, -0.2) is 70.5 Å². The van der Waals surface area contributed by atoms with Gasteiger partial charge in [-0.3, -0.25) is 14.5 Å². The van der Waals surface area contributed by atoms with Crippen molar-refractivity contribution in [1.82, 2.24) is 25.3 Å². The van der Waals surface area contributed by atoms with Crippen molar-refractivity contribution >= 4 is 11.8 Å². The van der Waals surface area contributed by atoms with Crippen LogP contribution in [0.2, 0.25) is 0 Å². The van der Waals surface area contributed by atoms with Crippen molar-refractivity contribution in [3.05, 3.63) is 11.7 Å². The molecule has 25 heavy (non-hydrogen) atoms. The van der Waals surface area contributed by atoms with E-state index in [-0.39, 0.29) is 30.2 Å². The van der Waals surface area contributed by atoms with Gasteiger partial charge in [-0.05, 0) is 13.8 Å². The van der Waals surface area contributed by atoms with Crippen LogP contribution in [0.15, 0.2) is 4.52 Å². The van der Waals surface area contributed by atoms with Crippen molar-refractivity contribution in [3.8, 4) is 0 Å². The lowest BCUT2D eigenvalue weighted by molar-refractivity contribution is -0.138. The largest absolute Gasteiger partial charge is 0.353 e. The van der Waals surface area contributed by atoms with Crippen LogP contribution in [0.1, 0.15) is 51.7 Å². The smallest absolute Gasteiger partial charge is 0.237 e. The maximum absolute atomic E-state index is 12.5. The zero-order chi connectivity index (χ0) is 18.6. The van der Waals surface area contributed by atoms with E-state index < -0.39 is 6.04 Å². The van der Waals surface area contributed by atoms with E-state index in [1.54, 1.807) is 11.9 Å². The van der Waals surface area contributed by atoms with Crippen LogP contribution in [0.3, 0.4) is 0 Å². The fraction of sp³-hybridized carbons (Fsp3) is 0.765. The Morgan fingerprint density at radius 3 is 2.72 bits per heavy atom. The molecule has 1 aromatic rings. The first-order chi connectivity index (χ1) is 11.8. The normalized spacial score (nSPS) is 18.7. The van der Waals surface area contributed by atoms with Gasteiger partial charge < -0.3 is 14.7 Å². The summed E-state index contributed by atoms with van der Waals surface area (Å²) >= 11 is 0. The Kier molecular flexibility index (Phi) is 6.52. The summed E-state index contributed by atoms with van der Waals surface area (Å²) < 4.78 is 5.17. The average molecular weight is 351 g/mol. The van der Waals surface area contributed by atoms with E-state index in [0.29, 0.717) is 31.2 Å². The molecule has 1 N–H and O–H groups in total. The molecule has 0 saturated carbocycles. The summed E-state index contributed by atoms with van der Waals surface area (Å²) in [5.74, 6) is 1.27. The third-order valence-electron chi connectivity index (χ3n) is 4.48. The Bertz CT molecular complexity index is 599. The number of piperazine rings is 1. The van der Waals surface area contributed by atoms with Gasteiger partial charge in [-0.2, -0.15) is 4.98 Å². The number of likely N-dealkylation sites (N-methyl/N-ethyl adjacent to an activating group) is 1. The van der Waals surface area contributed by atoms with Crippen LogP contribution in [0.4, 0.5) is 0 Å². The molecular weight excluding hydrogens is 322 g/mol. The Morgan fingerprint density at radius 2 is 2.12 bits per heavy atom. The summed E-state index contributed by atoms with van der Waals surface area (Å²) in [4.78, 5) is 32.7. The molecule has 2 amide bonds. The minimum Gasteiger partial charge on any atom is -0.353 e. The third-order valence-corrected chi connectivity index (χ3v) is 4.48. The predicted molar refractivity (Wildman–Crippen MR) is 93.0 cm³/mol. The molecule has 0 radical (unpaired) electrons. The Hall–Kier alpha value is -1.96. The molecule has 8 nitrogen and oxygen atoms in total. The van der Waals surface area contributed by atoms with Crippen molar-refractivity contribution < 1.29 is 14.1 Å². The summed E-state index contributed by atoms with van der Waals surface area (Å²) in [5, 5.41) is 6.78. The molecule has 0 unspecified atom stereocenters. The lowest BCUT2D eigenvalue weighted by Crippen LogP contribution is -2.58. The van der Waals surface area contributed by atoms with Crippen LogP contribution in [-0.2, 0) is 16.0 Å². The van der Waals surface area contributed by atoms with Crippen molar-refractivity contribution in [1.29, 1.82) is 0 Å². The summed E-state index contributed by atoms with van der Waals surface area (Å²) in [6.45, 7) is 9.96. The van der Waals surface area contributed by atoms with Crippen LogP contribution < -0.4 is 5.32 Å². The number of carbonyl (C=O) groups excluding carboxylic acids is 2. The SMILES string of the molecule is CC(C)c1nc(CCN(C)C(=O)C[C@@H]2C(=O)NCCN2C(C)C)no1. The van der Waals surface area contributed by atoms with E-state index in [9.17, 15) is 9.59 Å². The minimum absolute atomic E-state index is 0.0553. The van der Waals surface area contributed by atoms with E-state index >= 15 is 0 Å². The molecule has 1 fully saturated rings. The molecule has 8 heteroatoms. The third kappa shape index (κ3) is 5.01. The topological polar surface area (TPSA) is 91.6 Å². The Morgan fingerprint density at radius 1 is 1.40 bits per heavy atom. The zero-order valence-corrected chi connectivity index (χ0v) is 15.8. The molecular formula is C17H29N5O3. The number of nitrogens with zero attached hydrogens (tertiary/aromatic N) is 4. The monoisotopic (exact) mass is 351 g/mol. The first-order valence-corrected chi connectivity index (χ1v) is 8.89. The Balaban J connectivity index is 1.89. The number of amides is 2. The molecule has 0 aliphatic carbocycles. The number of rotatable bonds is 7. The second-order valence-corrected chi connectivity index (χ2v) is 7.11. The highest BCUT2D eigenvalue weighted by Gasteiger charge is 2.33. The first-order valence-electron chi connectivity index (χ1n) is 8.89. The van der Waals surface area contributed by atoms with Gasteiger partial charge >= 0.3 is 0 Å². The summed E-state index contributed by atoms with van der Waals surface area (Å²) in [7, 11) is 1.74. The van der Waals surface area contributed by atoms with Crippen molar-refractivity contribution in [2.45, 2.75) is 58.5 Å². The van der Waals surface area contributed by atoms with Gasteiger partial charge in [0.15, 0.2) is 5.82 Å². The fourth-order valence-electron chi connectivity index (χ4n) is 2.88. The molecule has 1 atom stereocenters. The van der Waals surface area contributed by atoms with Gasteiger partial charge in [-0.15, -0.1) is 0 Å². The van der Waals surface area contributed by atoms with Gasteiger partial charge in [0.05, 0.1) is 12.5 Å². The number of nitrogens with one attached hydrogen (secondary N) is 1. The van der Waals surface area contributed by atoms with E-state index in [2.05, 4.69) is 20.4 Å². The van der Waals surface area contributed by atoms with Crippen LogP contribution in [0.25, 0.3) is 0 Å². The quantitative estimate of drug-likeness (QED) is 0.781. The highest BCUT2D eigenvalue weighted by Crippen LogP contribution is 2.14. The number of aromatic nitrogens is 2. The van der Waals surface area contributed by atoms with Gasteiger partial charge in [0.1, 0.15) is 0 Å². The number of hydrogen-bond acceptors (Lipinski definition) is 6. The van der Waals surface area contributed by atoms with Crippen LogP contribution in [0, 0.1) is 0 Å². The maximum Gasteiger partial charge on any atom is 0.237 e. The molecule has 1 aromatic heterocycles. The molecule has 1 saturated heterocycles. The molecule has 1 aliphatic heterocycles. The van der Waals surface area contributed by atoms with Crippen molar-refractivity contribution in [2.75, 3.05) is 26.7 Å². The van der Waals surface area contributed by atoms with Crippen molar-refractivity contribution in [3.63, 3.8) is 0 Å². The predicted octanol–water partition coefficient (Wildman–Crippen LogP) is 0.793. The lowest BCUT2D eigenvalue weighted by atomic mass is 10.1. The van der Waals surface area contributed by atoms with Gasteiger partial charge in [0.2, 0.25) is 17.7 Å². The standard InChI is InChI=1S/C17H29N5O3/c1-11(2)17-19-14(20-25-17)6-8-21(5)15(23)10-13-16(24)18-7-9-22(13)12(3)4/h11-13H,6-10H2,1-5H3,(H,18,24)/t13-/m1/s1. The number of carbonyl (C=O) groups is 2. The first kappa shape index (κ1) is 19.4. The van der Waals surface area contributed by atoms with E-state index in [4.69, 9.17) is 4.52 Å². The molecule has 140 valence electrons. The summed E-state index contributed by atoms with van der Waals surface area (Å²) in [6.07, 6.45) is 0.715. The molecule has 0 spiro atoms. The van der Waals surface area contributed by atoms with E-state index in [1.807, 2.05) is 27.7 Å². The summed E-state index contributed by atoms with van der Waals surface area (Å²) in [6, 6.07) is -0.177. The second kappa shape index (κ2) is 8.42. The molecule has 2 rings (SSSR count). The molecule has 0 bridgehead atoms. The van der Waals surface area contributed by atoms with Crippen LogP contribution >= 0.6 is 0 Å². The highest BCUT2D eigenvalue weighted by atomic mass is 16.5. The van der Waals surface area contributed by atoms with E-state index in [0.717, 1.165) is 6.54 Å². The molecule has 2 heterocycles. The zero-order valence-electron chi connectivity index (χ0n) is 15.8. The second-order valence-electron chi connectivity index (χ2n) is 7.11. The maximum atomic E-state index is 12.5. The average Bonchev–Trinajstić information content (AvgIpc) is 3.03. The van der Waals surface area contributed by atoms with E-state index in [1.165, 1.54) is 0 Å². The Labute approximate surface area is 148 Å².